The highest BCUT2D eigenvalue weighted by Gasteiger charge is 2.56. The van der Waals surface area contributed by atoms with Crippen LogP contribution in [0.2, 0.25) is 0 Å². The molecule has 43 heteroatoms. The molecular formula is C92H162F13N19O11. The summed E-state index contributed by atoms with van der Waals surface area (Å²) in [5.41, 5.74) is 5.22. The smallest absolute Gasteiger partial charge is 0.323 e. The summed E-state index contributed by atoms with van der Waals surface area (Å²) >= 11 is 0. The Kier molecular flexibility index (Phi) is 43.8. The Hall–Kier alpha value is -4.81. The van der Waals surface area contributed by atoms with Crippen molar-refractivity contribution in [2.45, 2.75) is 299 Å². The van der Waals surface area contributed by atoms with E-state index >= 15 is 0 Å². The minimum Gasteiger partial charge on any atom is -0.480 e. The number of primary amides is 1. The summed E-state index contributed by atoms with van der Waals surface area (Å²) in [6.45, 7) is 15.3. The zero-order chi connectivity index (χ0) is 99.4. The summed E-state index contributed by atoms with van der Waals surface area (Å²) in [4.78, 5) is 101. The van der Waals surface area contributed by atoms with Gasteiger partial charge in [0.15, 0.2) is 0 Å². The molecule has 16 saturated heterocycles. The standard InChI is InChI=1S/2C12H21F2N3O.C12H20F2N2O2.C12H21FN2O2.C11H19F2N3O.C11H18F2N2O2.2C11H21FN2O/c2*1-15-11(18)10-7-12(13,14)8-17(10)9-3-5-16(2)6-4-9;1-15-5-3-9(4-6-15)16-8-12(13,14)7-10(16)11(17)18-2;1-14-5-3-10(4-6-14)15-8-9(13)7-11(15)12(16)17-2;1-15-4-2-8(3-5-15)16-7-11(12,13)6-9(16)10(14)17;1-14-4-2-8(3-5-14)15-7-11(12,13)6-9(15)10(16)17;2*1-13-4-2-10(3-5-13)14-7-9(12)6-11(14)8-15/h2*9-10H,3-8H2,1-2H3,(H,15,18);9-10H,3-8H2,1-2H3;9-11H,3-8H2,1-2H3;8-9H,2-7H2,1H3,(H2,14,17);8-9H,2-7H2,1H3,(H,16,17);2*9-11,15H,2-8H2,1H3/t3*10-;9-,11+;2*9-;9-,11+;9-,11-/m10101101/s1. The van der Waals surface area contributed by atoms with Crippen LogP contribution in [0, 0.1) is 0 Å². The number of amides is 3. The van der Waals surface area contributed by atoms with E-state index in [1.807, 2.05) is 40.1 Å². The molecule has 16 fully saturated rings. The number of ether oxygens (including phenoxy) is 2. The van der Waals surface area contributed by atoms with E-state index in [2.05, 4.69) is 85.5 Å². The lowest BCUT2D eigenvalue weighted by molar-refractivity contribution is -0.147. The monoisotopic (exact) mass is 1960 g/mol. The number of piperidine rings is 8. The lowest BCUT2D eigenvalue weighted by atomic mass is 10.0. The number of likely N-dealkylation sites (N-methyl/N-ethyl adjacent to an activating group) is 2. The number of aliphatic hydroxyl groups is 2. The van der Waals surface area contributed by atoms with E-state index in [0.29, 0.717) is 57.0 Å². The predicted molar refractivity (Wildman–Crippen MR) is 488 cm³/mol. The lowest BCUT2D eigenvalue weighted by Gasteiger charge is -2.37. The largest absolute Gasteiger partial charge is 0.480 e. The van der Waals surface area contributed by atoms with E-state index in [1.165, 1.54) is 33.2 Å². The van der Waals surface area contributed by atoms with Gasteiger partial charge in [0.05, 0.1) is 78.3 Å². The van der Waals surface area contributed by atoms with Crippen LogP contribution in [-0.2, 0) is 38.2 Å². The second-order valence-corrected chi connectivity index (χ2v) is 41.3. The molecule has 0 unspecified atom stereocenters. The number of carbonyl (C=O) groups is 6. The first-order valence-corrected chi connectivity index (χ1v) is 49.3. The zero-order valence-corrected chi connectivity index (χ0v) is 82.1. The van der Waals surface area contributed by atoms with Gasteiger partial charge in [0, 0.05) is 133 Å². The van der Waals surface area contributed by atoms with Crippen LogP contribution in [0.1, 0.15) is 154 Å². The number of carboxylic acids is 1. The molecule has 3 amide bonds. The van der Waals surface area contributed by atoms with Gasteiger partial charge in [-0.1, -0.05) is 0 Å². The summed E-state index contributed by atoms with van der Waals surface area (Å²) in [5.74, 6) is -17.0. The van der Waals surface area contributed by atoms with Crippen LogP contribution in [0.25, 0.3) is 0 Å². The SMILES string of the molecule is CN1CCC(N2CC(F)(F)C[C@@H]2C(=O)O)CC1.CN1CCC(N2CC(F)(F)C[C@@H]2C(N)=O)CC1.CN1CCC(N2C[C@@H](F)C[C@@H]2CO)CC1.CN1CCC(N2C[C@H](F)C[C@@H]2CO)CC1.CNC(=O)[C@@H]1CC(F)(F)CN1C1CCN(C)CC1.CNC(=O)[C@H]1CC(F)(F)CN1C1CCN(C)CC1.COC(=O)[C@H]1CC(F)(F)CN1C1CCN(C)CC1.COC(=O)[C@H]1C[C@H](F)CN1C1CCN(C)CC1. The number of methoxy groups -OCH3 is 2. The first-order valence-electron chi connectivity index (χ1n) is 49.3. The summed E-state index contributed by atoms with van der Waals surface area (Å²) in [5, 5.41) is 32.4. The van der Waals surface area contributed by atoms with Crippen molar-refractivity contribution in [2.75, 3.05) is 255 Å². The van der Waals surface area contributed by atoms with E-state index < -0.39 is 122 Å². The molecule has 0 bridgehead atoms. The minimum atomic E-state index is -2.85. The number of carbonyl (C=O) groups excluding carboxylic acids is 5. The molecule has 0 radical (unpaired) electrons. The van der Waals surface area contributed by atoms with Gasteiger partial charge in [-0.3, -0.25) is 68.0 Å². The maximum absolute atomic E-state index is 13.5. The molecular weight excluding hydrogens is 1790 g/mol. The number of nitrogens with one attached hydrogen (secondary N) is 2. The second kappa shape index (κ2) is 51.9. The Bertz CT molecular complexity index is 3350. The first-order chi connectivity index (χ1) is 63.6. The number of nitrogens with zero attached hydrogens (tertiary/aromatic N) is 16. The Labute approximate surface area is 791 Å². The van der Waals surface area contributed by atoms with Crippen LogP contribution < -0.4 is 16.4 Å². The van der Waals surface area contributed by atoms with Crippen molar-refractivity contribution in [3.63, 3.8) is 0 Å². The molecule has 782 valence electrons. The molecule has 7 N–H and O–H groups in total. The number of aliphatic hydroxyl groups excluding tert-OH is 2. The fraction of sp³-hybridized carbons (Fsp3) is 0.935. The van der Waals surface area contributed by atoms with Crippen molar-refractivity contribution in [3.05, 3.63) is 0 Å². The van der Waals surface area contributed by atoms with Crippen molar-refractivity contribution in [1.82, 2.24) is 89.0 Å². The molecule has 16 aliphatic heterocycles. The molecule has 16 aliphatic rings. The summed E-state index contributed by atoms with van der Waals surface area (Å²) in [6.07, 6.45) is 11.7. The summed E-state index contributed by atoms with van der Waals surface area (Å²) in [7, 11) is 22.1. The number of alkyl halides is 13. The van der Waals surface area contributed by atoms with Gasteiger partial charge in [-0.15, -0.1) is 0 Å². The Balaban J connectivity index is 0.000000173. The molecule has 0 aromatic carbocycles. The number of esters is 2. The number of rotatable bonds is 16. The van der Waals surface area contributed by atoms with E-state index in [0.717, 1.165) is 207 Å². The van der Waals surface area contributed by atoms with Gasteiger partial charge in [0.1, 0.15) is 36.6 Å². The van der Waals surface area contributed by atoms with Crippen molar-refractivity contribution >= 4 is 35.6 Å². The van der Waals surface area contributed by atoms with Gasteiger partial charge in [-0.2, -0.15) is 0 Å². The maximum atomic E-state index is 13.5. The van der Waals surface area contributed by atoms with Gasteiger partial charge >= 0.3 is 17.9 Å². The number of aliphatic carboxylic acids is 1. The molecule has 0 aliphatic carbocycles. The number of hydrogen-bond donors (Lipinski definition) is 6. The van der Waals surface area contributed by atoms with Gasteiger partial charge in [-0.25, -0.2) is 57.1 Å². The second-order valence-electron chi connectivity index (χ2n) is 41.3. The van der Waals surface area contributed by atoms with Crippen molar-refractivity contribution in [1.29, 1.82) is 0 Å². The van der Waals surface area contributed by atoms with Crippen LogP contribution in [0.4, 0.5) is 57.1 Å². The van der Waals surface area contributed by atoms with Crippen LogP contribution in [0.15, 0.2) is 0 Å². The molecule has 11 atom stereocenters. The average molecular weight is 1960 g/mol. The van der Waals surface area contributed by atoms with E-state index in [4.69, 9.17) is 15.6 Å². The molecule has 0 saturated carbocycles. The highest BCUT2D eigenvalue weighted by molar-refractivity contribution is 5.83. The van der Waals surface area contributed by atoms with Crippen molar-refractivity contribution in [2.24, 2.45) is 5.73 Å². The lowest BCUT2D eigenvalue weighted by Crippen LogP contribution is -2.50. The molecule has 16 heterocycles. The average Bonchev–Trinajstić information content (AvgIpc) is 1.58. The van der Waals surface area contributed by atoms with Gasteiger partial charge < -0.3 is 80.4 Å². The molecule has 16 rings (SSSR count). The van der Waals surface area contributed by atoms with Gasteiger partial charge in [0.2, 0.25) is 17.7 Å². The number of carboxylic acid groups (broad SMARTS) is 1. The number of likely N-dealkylation sites (tertiary alicyclic amines) is 16. The van der Waals surface area contributed by atoms with Crippen LogP contribution in [-0.4, -0.2) is 529 Å². The molecule has 135 heavy (non-hydrogen) atoms. The molecule has 0 spiro atoms. The van der Waals surface area contributed by atoms with E-state index in [-0.39, 0.29) is 118 Å². The fourth-order valence-electron chi connectivity index (χ4n) is 23.0. The normalized spacial score (nSPS) is 32.4. The summed E-state index contributed by atoms with van der Waals surface area (Å²) in [6, 6.07) is -2.53. The van der Waals surface area contributed by atoms with Crippen LogP contribution in [0.5, 0.6) is 0 Å². The fourth-order valence-corrected chi connectivity index (χ4v) is 23.0. The number of halogens is 13. The van der Waals surface area contributed by atoms with E-state index in [9.17, 15) is 96.1 Å². The minimum absolute atomic E-state index is 0.0133. The van der Waals surface area contributed by atoms with Crippen LogP contribution in [0.3, 0.4) is 0 Å². The molecule has 30 nitrogen and oxygen atoms in total. The van der Waals surface area contributed by atoms with Crippen molar-refractivity contribution in [3.8, 4) is 0 Å². The van der Waals surface area contributed by atoms with Crippen molar-refractivity contribution < 1.29 is 111 Å². The number of hydrogen-bond acceptors (Lipinski definition) is 26. The maximum Gasteiger partial charge on any atom is 0.323 e. The topological polar surface area (TPSA) is 283 Å². The van der Waals surface area contributed by atoms with Crippen LogP contribution >= 0.6 is 0 Å². The quantitative estimate of drug-likeness (QED) is 0.0892. The Morgan fingerprint density at radius 2 is 0.511 bits per heavy atom. The van der Waals surface area contributed by atoms with E-state index in [1.54, 1.807) is 19.6 Å². The highest BCUT2D eigenvalue weighted by Crippen LogP contribution is 2.42. The third kappa shape index (κ3) is 33.7. The third-order valence-electron chi connectivity index (χ3n) is 31.0. The summed E-state index contributed by atoms with van der Waals surface area (Å²) < 4.78 is 184. The highest BCUT2D eigenvalue weighted by atomic mass is 19.3. The number of nitrogens with two attached hydrogens (primary N) is 1. The molecule has 0 aromatic rings. The zero-order valence-electron chi connectivity index (χ0n) is 82.1. The Morgan fingerprint density at radius 3 is 0.756 bits per heavy atom. The Morgan fingerprint density at radius 1 is 0.311 bits per heavy atom. The first kappa shape index (κ1) is 114. The molecule has 0 aromatic heterocycles. The van der Waals surface area contributed by atoms with Gasteiger partial charge in [-0.05, 0) is 277 Å². The van der Waals surface area contributed by atoms with Gasteiger partial charge in [0.25, 0.3) is 29.6 Å². The third-order valence-corrected chi connectivity index (χ3v) is 31.0. The predicted octanol–water partition coefficient (Wildman–Crippen LogP) is 4.82.